The molecule has 0 aliphatic rings. The Bertz CT molecular complexity index is 1340. The molecular weight excluding hydrogens is 482 g/mol. The lowest BCUT2D eigenvalue weighted by Crippen LogP contribution is -2.10. The zero-order valence-electron chi connectivity index (χ0n) is 22.2. The van der Waals surface area contributed by atoms with Gasteiger partial charge < -0.3 is 28.7 Å². The molecule has 0 aliphatic heterocycles. The summed E-state index contributed by atoms with van der Waals surface area (Å²) in [5, 5.41) is 2.84. The van der Waals surface area contributed by atoms with Gasteiger partial charge in [0.15, 0.2) is 17.3 Å². The standard InChI is InChI=1S/C31H33NO6/c1-5-34-27-16-10-23(18-29(27)35-6-2)19-36-25-13-11-24(12-14-25)32-31(33)28-17-15-26(38-28)20-37-30-21(3)8-7-9-22(30)4/h7-18H,5-6,19-20H2,1-4H3,(H,32,33). The molecule has 0 radical (unpaired) electrons. The highest BCUT2D eigenvalue weighted by Crippen LogP contribution is 2.29. The fourth-order valence-corrected chi connectivity index (χ4v) is 3.93. The number of nitrogens with one attached hydrogen (secondary N) is 1. The monoisotopic (exact) mass is 515 g/mol. The minimum absolute atomic E-state index is 0.214. The van der Waals surface area contributed by atoms with E-state index < -0.39 is 0 Å². The molecule has 0 spiro atoms. The first-order valence-corrected chi connectivity index (χ1v) is 12.7. The van der Waals surface area contributed by atoms with Crippen LogP contribution in [0, 0.1) is 13.8 Å². The Morgan fingerprint density at radius 3 is 2.18 bits per heavy atom. The molecule has 0 saturated carbocycles. The molecule has 1 heterocycles. The summed E-state index contributed by atoms with van der Waals surface area (Å²) in [5.41, 5.74) is 3.70. The lowest BCUT2D eigenvalue weighted by atomic mass is 10.1. The summed E-state index contributed by atoms with van der Waals surface area (Å²) in [5.74, 6) is 3.37. The lowest BCUT2D eigenvalue weighted by Gasteiger charge is -2.13. The van der Waals surface area contributed by atoms with Crippen LogP contribution >= 0.6 is 0 Å². The Morgan fingerprint density at radius 1 is 0.763 bits per heavy atom. The van der Waals surface area contributed by atoms with E-state index in [1.54, 1.807) is 36.4 Å². The third-order valence-corrected chi connectivity index (χ3v) is 5.78. The Morgan fingerprint density at radius 2 is 1.47 bits per heavy atom. The van der Waals surface area contributed by atoms with Crippen molar-refractivity contribution >= 4 is 11.6 Å². The molecule has 1 aromatic heterocycles. The van der Waals surface area contributed by atoms with Crippen molar-refractivity contribution in [1.29, 1.82) is 0 Å². The van der Waals surface area contributed by atoms with E-state index in [4.69, 9.17) is 23.4 Å². The highest BCUT2D eigenvalue weighted by atomic mass is 16.5. The van der Waals surface area contributed by atoms with Gasteiger partial charge >= 0.3 is 0 Å². The van der Waals surface area contributed by atoms with Crippen molar-refractivity contribution < 1.29 is 28.2 Å². The van der Waals surface area contributed by atoms with Gasteiger partial charge in [-0.1, -0.05) is 24.3 Å². The Kier molecular flexibility index (Phi) is 8.93. The second-order valence-corrected chi connectivity index (χ2v) is 8.69. The maximum Gasteiger partial charge on any atom is 0.291 e. The fourth-order valence-electron chi connectivity index (χ4n) is 3.93. The van der Waals surface area contributed by atoms with Crippen LogP contribution in [0.25, 0.3) is 0 Å². The van der Waals surface area contributed by atoms with E-state index in [9.17, 15) is 4.79 Å². The SMILES string of the molecule is CCOc1ccc(COc2ccc(NC(=O)c3ccc(COc4c(C)cccc4C)o3)cc2)cc1OCC. The smallest absolute Gasteiger partial charge is 0.291 e. The van der Waals surface area contributed by atoms with Gasteiger partial charge in [-0.25, -0.2) is 0 Å². The maximum atomic E-state index is 12.7. The number of ether oxygens (including phenoxy) is 4. The van der Waals surface area contributed by atoms with Crippen LogP contribution in [0.3, 0.4) is 0 Å². The predicted molar refractivity (Wildman–Crippen MR) is 146 cm³/mol. The molecule has 7 heteroatoms. The molecule has 7 nitrogen and oxygen atoms in total. The highest BCUT2D eigenvalue weighted by Gasteiger charge is 2.13. The van der Waals surface area contributed by atoms with Crippen LogP contribution in [0.5, 0.6) is 23.0 Å². The quantitative estimate of drug-likeness (QED) is 0.217. The Labute approximate surface area is 223 Å². The minimum atomic E-state index is -0.338. The van der Waals surface area contributed by atoms with E-state index in [0.29, 0.717) is 42.8 Å². The van der Waals surface area contributed by atoms with Gasteiger partial charge in [0.1, 0.15) is 30.5 Å². The predicted octanol–water partition coefficient (Wildman–Crippen LogP) is 7.10. The summed E-state index contributed by atoms with van der Waals surface area (Å²) < 4.78 is 28.8. The molecule has 3 aromatic carbocycles. The van der Waals surface area contributed by atoms with Gasteiger partial charge in [-0.2, -0.15) is 0 Å². The second-order valence-electron chi connectivity index (χ2n) is 8.69. The van der Waals surface area contributed by atoms with Crippen molar-refractivity contribution in [1.82, 2.24) is 0 Å². The molecule has 4 aromatic rings. The summed E-state index contributed by atoms with van der Waals surface area (Å²) >= 11 is 0. The van der Waals surface area contributed by atoms with Crippen molar-refractivity contribution in [3.05, 3.63) is 101 Å². The normalized spacial score (nSPS) is 10.6. The fraction of sp³-hybridized carbons (Fsp3) is 0.258. The van der Waals surface area contributed by atoms with Crippen molar-refractivity contribution in [3.8, 4) is 23.0 Å². The highest BCUT2D eigenvalue weighted by molar-refractivity contribution is 6.02. The number of rotatable bonds is 12. The average Bonchev–Trinajstić information content (AvgIpc) is 3.39. The number of hydrogen-bond acceptors (Lipinski definition) is 6. The number of carbonyl (C=O) groups is 1. The molecule has 0 unspecified atom stereocenters. The summed E-state index contributed by atoms with van der Waals surface area (Å²) in [4.78, 5) is 12.7. The summed E-state index contributed by atoms with van der Waals surface area (Å²) in [6, 6.07) is 22.3. The summed E-state index contributed by atoms with van der Waals surface area (Å²) in [7, 11) is 0. The van der Waals surface area contributed by atoms with Crippen LogP contribution < -0.4 is 24.3 Å². The van der Waals surface area contributed by atoms with Crippen molar-refractivity contribution in [2.45, 2.75) is 40.9 Å². The number of benzene rings is 3. The number of aryl methyl sites for hydroxylation is 2. The van der Waals surface area contributed by atoms with E-state index in [1.807, 2.05) is 64.1 Å². The van der Waals surface area contributed by atoms with Crippen LogP contribution in [0.4, 0.5) is 5.69 Å². The molecule has 4 rings (SSSR count). The number of carbonyl (C=O) groups excluding carboxylic acids is 1. The van der Waals surface area contributed by atoms with E-state index in [1.165, 1.54) is 0 Å². The van der Waals surface area contributed by atoms with Gasteiger partial charge in [0, 0.05) is 5.69 Å². The van der Waals surface area contributed by atoms with E-state index in [2.05, 4.69) is 5.32 Å². The molecule has 0 fully saturated rings. The van der Waals surface area contributed by atoms with E-state index >= 15 is 0 Å². The van der Waals surface area contributed by atoms with Crippen LogP contribution in [0.15, 0.2) is 77.2 Å². The third kappa shape index (κ3) is 6.88. The topological polar surface area (TPSA) is 79.2 Å². The van der Waals surface area contributed by atoms with Gasteiger partial charge in [-0.05, 0) is 92.9 Å². The molecule has 38 heavy (non-hydrogen) atoms. The third-order valence-electron chi connectivity index (χ3n) is 5.78. The zero-order valence-corrected chi connectivity index (χ0v) is 22.2. The van der Waals surface area contributed by atoms with Gasteiger partial charge in [-0.15, -0.1) is 0 Å². The molecule has 1 N–H and O–H groups in total. The number of hydrogen-bond donors (Lipinski definition) is 1. The molecule has 0 aliphatic carbocycles. The Hall–Kier alpha value is -4.39. The number of furan rings is 1. The van der Waals surface area contributed by atoms with E-state index in [0.717, 1.165) is 28.2 Å². The summed E-state index contributed by atoms with van der Waals surface area (Å²) in [6.07, 6.45) is 0. The van der Waals surface area contributed by atoms with Crippen LogP contribution in [-0.4, -0.2) is 19.1 Å². The second kappa shape index (κ2) is 12.7. The number of para-hydroxylation sites is 1. The average molecular weight is 516 g/mol. The minimum Gasteiger partial charge on any atom is -0.490 e. The largest absolute Gasteiger partial charge is 0.490 e. The zero-order chi connectivity index (χ0) is 26.9. The first-order valence-electron chi connectivity index (χ1n) is 12.7. The molecular formula is C31H33NO6. The van der Waals surface area contributed by atoms with Crippen LogP contribution in [0.1, 0.15) is 46.9 Å². The van der Waals surface area contributed by atoms with Gasteiger partial charge in [0.25, 0.3) is 5.91 Å². The first kappa shape index (κ1) is 26.7. The molecule has 0 atom stereocenters. The Balaban J connectivity index is 1.30. The molecule has 198 valence electrons. The van der Waals surface area contributed by atoms with Gasteiger partial charge in [-0.3, -0.25) is 4.79 Å². The van der Waals surface area contributed by atoms with Crippen LogP contribution in [-0.2, 0) is 13.2 Å². The molecule has 0 bridgehead atoms. The first-order chi connectivity index (χ1) is 18.5. The van der Waals surface area contributed by atoms with Crippen LogP contribution in [0.2, 0.25) is 0 Å². The number of anilines is 1. The van der Waals surface area contributed by atoms with Gasteiger partial charge in [0.05, 0.1) is 13.2 Å². The lowest BCUT2D eigenvalue weighted by molar-refractivity contribution is 0.0992. The molecule has 1 amide bonds. The van der Waals surface area contributed by atoms with Crippen molar-refractivity contribution in [2.24, 2.45) is 0 Å². The van der Waals surface area contributed by atoms with E-state index in [-0.39, 0.29) is 18.3 Å². The maximum absolute atomic E-state index is 12.7. The molecule has 0 saturated heterocycles. The van der Waals surface area contributed by atoms with Crippen molar-refractivity contribution in [2.75, 3.05) is 18.5 Å². The van der Waals surface area contributed by atoms with Crippen molar-refractivity contribution in [3.63, 3.8) is 0 Å². The van der Waals surface area contributed by atoms with Gasteiger partial charge in [0.2, 0.25) is 0 Å². The summed E-state index contributed by atoms with van der Waals surface area (Å²) in [6.45, 7) is 9.61. The number of amides is 1.